The largest absolute Gasteiger partial charge is 0.496 e. The molecule has 0 amide bonds. The van der Waals surface area contributed by atoms with Gasteiger partial charge in [-0.3, -0.25) is 4.79 Å². The molecule has 0 radical (unpaired) electrons. The monoisotopic (exact) mass is 279 g/mol. The minimum absolute atomic E-state index is 0.0857. The van der Waals surface area contributed by atoms with Gasteiger partial charge in [-0.25, -0.2) is 0 Å². The first kappa shape index (κ1) is 15.5. The van der Waals surface area contributed by atoms with Gasteiger partial charge in [0.2, 0.25) is 0 Å². The maximum Gasteiger partial charge on any atom is 0.154 e. The van der Waals surface area contributed by atoms with Crippen LogP contribution in [0.2, 0.25) is 5.02 Å². The van der Waals surface area contributed by atoms with Crippen LogP contribution in [0.1, 0.15) is 38.2 Å². The zero-order valence-electron chi connectivity index (χ0n) is 11.4. The molecule has 0 aliphatic heterocycles. The number of halogens is 1. The van der Waals surface area contributed by atoms with Gasteiger partial charge < -0.3 is 4.74 Å². The average molecular weight is 280 g/mol. The van der Waals surface area contributed by atoms with Crippen molar-refractivity contribution in [1.29, 1.82) is 5.26 Å². The maximum atomic E-state index is 12.2. The summed E-state index contributed by atoms with van der Waals surface area (Å²) in [6.45, 7) is 4.03. The summed E-state index contributed by atoms with van der Waals surface area (Å²) in [6, 6.07) is 7.05. The van der Waals surface area contributed by atoms with Gasteiger partial charge >= 0.3 is 0 Å². The molecule has 0 bridgehead atoms. The summed E-state index contributed by atoms with van der Waals surface area (Å²) in [6.07, 6.45) is 1.31. The van der Waals surface area contributed by atoms with Gasteiger partial charge in [-0.2, -0.15) is 5.26 Å². The molecule has 0 aliphatic rings. The fourth-order valence-corrected chi connectivity index (χ4v) is 2.03. The lowest BCUT2D eigenvalue weighted by molar-refractivity contribution is -0.120. The summed E-state index contributed by atoms with van der Waals surface area (Å²) in [4.78, 5) is 12.2. The molecule has 2 unspecified atom stereocenters. The van der Waals surface area contributed by atoms with E-state index in [-0.39, 0.29) is 11.7 Å². The first-order valence-corrected chi connectivity index (χ1v) is 6.67. The summed E-state index contributed by atoms with van der Waals surface area (Å²) >= 11 is 5.94. The zero-order valence-corrected chi connectivity index (χ0v) is 12.2. The lowest BCUT2D eigenvalue weighted by Gasteiger charge is -2.15. The highest BCUT2D eigenvalue weighted by atomic mass is 35.5. The van der Waals surface area contributed by atoms with Crippen molar-refractivity contribution in [2.75, 3.05) is 7.11 Å². The third-order valence-corrected chi connectivity index (χ3v) is 3.44. The second-order valence-electron chi connectivity index (χ2n) is 4.63. The Morgan fingerprint density at radius 2 is 2.21 bits per heavy atom. The normalized spacial score (nSPS) is 13.4. The first-order valence-electron chi connectivity index (χ1n) is 6.29. The van der Waals surface area contributed by atoms with Crippen molar-refractivity contribution >= 4 is 17.4 Å². The van der Waals surface area contributed by atoms with Crippen LogP contribution < -0.4 is 4.74 Å². The van der Waals surface area contributed by atoms with E-state index >= 15 is 0 Å². The van der Waals surface area contributed by atoms with Crippen LogP contribution in [0.25, 0.3) is 0 Å². The maximum absolute atomic E-state index is 12.2. The van der Waals surface area contributed by atoms with Crippen molar-refractivity contribution in [2.24, 2.45) is 5.92 Å². The molecule has 4 heteroatoms. The number of benzene rings is 1. The molecule has 0 spiro atoms. The molecule has 0 heterocycles. The van der Waals surface area contributed by atoms with Gasteiger partial charge in [0.1, 0.15) is 11.7 Å². The first-order chi connectivity index (χ1) is 9.03. The van der Waals surface area contributed by atoms with E-state index in [1.165, 1.54) is 7.11 Å². The highest BCUT2D eigenvalue weighted by Crippen LogP contribution is 2.31. The Morgan fingerprint density at radius 3 is 2.74 bits per heavy atom. The minimum Gasteiger partial charge on any atom is -0.496 e. The van der Waals surface area contributed by atoms with Crippen molar-refractivity contribution in [3.05, 3.63) is 28.8 Å². The number of methoxy groups -OCH3 is 1. The molecule has 0 fully saturated rings. The molecule has 1 aromatic rings. The second-order valence-corrected chi connectivity index (χ2v) is 5.07. The Labute approximate surface area is 119 Å². The molecule has 19 heavy (non-hydrogen) atoms. The summed E-state index contributed by atoms with van der Waals surface area (Å²) in [5.74, 6) is -0.109. The second kappa shape index (κ2) is 7.16. The van der Waals surface area contributed by atoms with E-state index in [2.05, 4.69) is 6.07 Å². The van der Waals surface area contributed by atoms with Crippen LogP contribution in [-0.2, 0) is 4.79 Å². The van der Waals surface area contributed by atoms with Crippen molar-refractivity contribution in [3.63, 3.8) is 0 Å². The van der Waals surface area contributed by atoms with Gasteiger partial charge in [0.15, 0.2) is 5.78 Å². The predicted octanol–water partition coefficient (Wildman–Crippen LogP) is 3.96. The van der Waals surface area contributed by atoms with E-state index in [1.807, 2.05) is 13.8 Å². The number of nitrogens with zero attached hydrogens (tertiary/aromatic N) is 1. The third-order valence-electron chi connectivity index (χ3n) is 3.20. The van der Waals surface area contributed by atoms with Gasteiger partial charge in [0.05, 0.1) is 13.2 Å². The number of Topliss-reactive ketones (excluding diaryl/α,β-unsaturated/α-hetero) is 1. The molecule has 102 valence electrons. The molecule has 2 atom stereocenters. The lowest BCUT2D eigenvalue weighted by atomic mass is 9.89. The summed E-state index contributed by atoms with van der Waals surface area (Å²) in [7, 11) is 1.51. The number of ether oxygens (including phenoxy) is 1. The molecule has 0 saturated heterocycles. The van der Waals surface area contributed by atoms with E-state index in [1.54, 1.807) is 18.2 Å². The Bertz CT molecular complexity index is 493. The Kier molecular flexibility index (Phi) is 5.85. The van der Waals surface area contributed by atoms with Crippen molar-refractivity contribution < 1.29 is 9.53 Å². The van der Waals surface area contributed by atoms with Crippen molar-refractivity contribution in [2.45, 2.75) is 32.6 Å². The van der Waals surface area contributed by atoms with Gasteiger partial charge in [-0.15, -0.1) is 0 Å². The average Bonchev–Trinajstić information content (AvgIpc) is 2.39. The Balaban J connectivity index is 3.07. The standard InChI is InChI=1S/C15H18ClNO2/c1-4-10(2)7-14(18)13(9-17)12-8-11(16)5-6-15(12)19-3/h5-6,8,10,13H,4,7H2,1-3H3. The van der Waals surface area contributed by atoms with Crippen LogP contribution in [0, 0.1) is 17.2 Å². The number of ketones is 1. The predicted molar refractivity (Wildman–Crippen MR) is 75.4 cm³/mol. The highest BCUT2D eigenvalue weighted by Gasteiger charge is 2.24. The smallest absolute Gasteiger partial charge is 0.154 e. The fourth-order valence-electron chi connectivity index (χ4n) is 1.85. The molecule has 0 N–H and O–H groups in total. The van der Waals surface area contributed by atoms with Crippen LogP contribution in [0.4, 0.5) is 0 Å². The van der Waals surface area contributed by atoms with Crippen molar-refractivity contribution in [3.8, 4) is 11.8 Å². The number of nitriles is 1. The van der Waals surface area contributed by atoms with E-state index < -0.39 is 5.92 Å². The molecule has 0 aromatic heterocycles. The summed E-state index contributed by atoms with van der Waals surface area (Å²) in [5, 5.41) is 9.77. The molecule has 3 nitrogen and oxygen atoms in total. The van der Waals surface area contributed by atoms with Gasteiger partial charge in [-0.1, -0.05) is 31.9 Å². The number of carbonyl (C=O) groups excluding carboxylic acids is 1. The fraction of sp³-hybridized carbons (Fsp3) is 0.467. The number of hydrogen-bond acceptors (Lipinski definition) is 3. The quantitative estimate of drug-likeness (QED) is 0.792. The number of rotatable bonds is 6. The van der Waals surface area contributed by atoms with Crippen molar-refractivity contribution in [1.82, 2.24) is 0 Å². The van der Waals surface area contributed by atoms with E-state index in [9.17, 15) is 10.1 Å². The van der Waals surface area contributed by atoms with Crippen LogP contribution in [0.5, 0.6) is 5.75 Å². The van der Waals surface area contributed by atoms with Crippen LogP contribution in [-0.4, -0.2) is 12.9 Å². The molecule has 1 rings (SSSR count). The Morgan fingerprint density at radius 1 is 1.53 bits per heavy atom. The van der Waals surface area contributed by atoms with Crippen LogP contribution >= 0.6 is 11.6 Å². The van der Waals surface area contributed by atoms with Crippen LogP contribution in [0.15, 0.2) is 18.2 Å². The molecule has 1 aromatic carbocycles. The van der Waals surface area contributed by atoms with Gasteiger partial charge in [0, 0.05) is 17.0 Å². The van der Waals surface area contributed by atoms with Gasteiger partial charge in [-0.05, 0) is 24.1 Å². The van der Waals surface area contributed by atoms with E-state index in [4.69, 9.17) is 16.3 Å². The summed E-state index contributed by atoms with van der Waals surface area (Å²) in [5.41, 5.74) is 0.547. The molecular formula is C15H18ClNO2. The van der Waals surface area contributed by atoms with Crippen LogP contribution in [0.3, 0.4) is 0 Å². The molecular weight excluding hydrogens is 262 g/mol. The number of carbonyl (C=O) groups is 1. The van der Waals surface area contributed by atoms with E-state index in [0.29, 0.717) is 22.8 Å². The lowest BCUT2D eigenvalue weighted by Crippen LogP contribution is -2.15. The topological polar surface area (TPSA) is 50.1 Å². The zero-order chi connectivity index (χ0) is 14.4. The number of hydrogen-bond donors (Lipinski definition) is 0. The Hall–Kier alpha value is -1.53. The minimum atomic E-state index is -0.817. The summed E-state index contributed by atoms with van der Waals surface area (Å²) < 4.78 is 5.20. The van der Waals surface area contributed by atoms with Gasteiger partial charge in [0.25, 0.3) is 0 Å². The SMILES string of the molecule is CCC(C)CC(=O)C(C#N)c1cc(Cl)ccc1OC. The highest BCUT2D eigenvalue weighted by molar-refractivity contribution is 6.30. The molecule has 0 aliphatic carbocycles. The third kappa shape index (κ3) is 3.97. The van der Waals surface area contributed by atoms with E-state index in [0.717, 1.165) is 6.42 Å². The molecule has 0 saturated carbocycles.